The predicted molar refractivity (Wildman–Crippen MR) is 133 cm³/mol. The lowest BCUT2D eigenvalue weighted by Crippen LogP contribution is -2.38. The molecule has 0 radical (unpaired) electrons. The first-order valence-electron chi connectivity index (χ1n) is 11.9. The van der Waals surface area contributed by atoms with Crippen LogP contribution in [0.15, 0.2) is 40.9 Å². The van der Waals surface area contributed by atoms with Crippen molar-refractivity contribution in [3.8, 4) is 0 Å². The number of carbonyl (C=O) groups is 2. The van der Waals surface area contributed by atoms with Crippen molar-refractivity contribution in [3.05, 3.63) is 57.7 Å². The summed E-state index contributed by atoms with van der Waals surface area (Å²) in [5.74, 6) is -4.39. The Morgan fingerprint density at radius 3 is 2.62 bits per heavy atom. The third kappa shape index (κ3) is 7.41. The molecule has 204 valence electrons. The molecule has 0 aromatic carbocycles. The number of nitrogens with zero attached hydrogens (tertiary/aromatic N) is 2. The maximum Gasteiger partial charge on any atom is 0.330 e. The van der Waals surface area contributed by atoms with Crippen LogP contribution < -0.4 is 11.1 Å². The summed E-state index contributed by atoms with van der Waals surface area (Å²) in [4.78, 5) is 31.3. The van der Waals surface area contributed by atoms with Crippen LogP contribution in [0.1, 0.15) is 62.2 Å². The Bertz CT molecular complexity index is 1100. The van der Waals surface area contributed by atoms with E-state index in [1.165, 1.54) is 0 Å². The number of likely N-dealkylation sites (N-methyl/N-ethyl adjacent to an activating group) is 1. The van der Waals surface area contributed by atoms with Crippen LogP contribution in [0.5, 0.6) is 0 Å². The molecule has 1 aromatic heterocycles. The number of ether oxygens (including phenoxy) is 1. The van der Waals surface area contributed by atoms with Crippen LogP contribution >= 0.6 is 0 Å². The van der Waals surface area contributed by atoms with Crippen molar-refractivity contribution in [2.45, 2.75) is 65.5 Å². The lowest BCUT2D eigenvalue weighted by molar-refractivity contribution is -0.165. The standard InChI is InChI=1S/C26H34F4N4O3/c1-6-23(35)16(3)12-22-19-13-34(24(36)18(19)7-9-33-22)17(4)21(32-5)11-15(2)20(31)8-10-37-14-26(29,30)25(27)28/h7,9,11-12,17,25,32H,6,8,10,13-14,31H2,1-5H3/b16-12-,20-15-,21-11-. The molecule has 2 rings (SSSR count). The highest BCUT2D eigenvalue weighted by molar-refractivity contribution is 6.01. The summed E-state index contributed by atoms with van der Waals surface area (Å²) in [7, 11) is 1.70. The summed E-state index contributed by atoms with van der Waals surface area (Å²) in [5.41, 5.74) is 10.1. The van der Waals surface area contributed by atoms with E-state index in [2.05, 4.69) is 15.0 Å². The number of pyridine rings is 1. The lowest BCUT2D eigenvalue weighted by atomic mass is 10.0. The van der Waals surface area contributed by atoms with Crippen molar-refractivity contribution in [1.82, 2.24) is 15.2 Å². The SMILES string of the molecule is CCC(=O)/C(C)=C\c1nccc2c1CN(C(C)/C(=C/C(C)=C(\N)CCOCC(F)(F)C(F)F)NC)C2=O. The van der Waals surface area contributed by atoms with Crippen molar-refractivity contribution in [2.75, 3.05) is 20.3 Å². The maximum atomic E-state index is 13.2. The van der Waals surface area contributed by atoms with E-state index in [4.69, 9.17) is 5.73 Å². The van der Waals surface area contributed by atoms with E-state index in [1.54, 1.807) is 57.1 Å². The molecule has 7 nitrogen and oxygen atoms in total. The van der Waals surface area contributed by atoms with Crippen LogP contribution in [0, 0.1) is 0 Å². The van der Waals surface area contributed by atoms with Gasteiger partial charge < -0.3 is 20.7 Å². The van der Waals surface area contributed by atoms with Gasteiger partial charge in [0.1, 0.15) is 6.61 Å². The van der Waals surface area contributed by atoms with E-state index in [1.807, 2.05) is 6.92 Å². The quantitative estimate of drug-likeness (QED) is 0.171. The largest absolute Gasteiger partial charge is 0.402 e. The predicted octanol–water partition coefficient (Wildman–Crippen LogP) is 4.45. The minimum absolute atomic E-state index is 0.00216. The van der Waals surface area contributed by atoms with Crippen LogP contribution in [-0.4, -0.2) is 60.2 Å². The summed E-state index contributed by atoms with van der Waals surface area (Å²) >= 11 is 0. The average Bonchev–Trinajstić information content (AvgIpc) is 3.20. The normalized spacial score (nSPS) is 16.2. The molecular formula is C26H34F4N4O3. The van der Waals surface area contributed by atoms with Crippen molar-refractivity contribution in [1.29, 1.82) is 0 Å². The molecule has 0 bridgehead atoms. The van der Waals surface area contributed by atoms with Crippen LogP contribution in [0.2, 0.25) is 0 Å². The molecule has 0 saturated carbocycles. The van der Waals surface area contributed by atoms with Crippen LogP contribution in [0.3, 0.4) is 0 Å². The van der Waals surface area contributed by atoms with Crippen molar-refractivity contribution in [3.63, 3.8) is 0 Å². The Labute approximate surface area is 214 Å². The molecule has 37 heavy (non-hydrogen) atoms. The van der Waals surface area contributed by atoms with E-state index < -0.39 is 19.0 Å². The molecule has 0 aliphatic carbocycles. The Morgan fingerprint density at radius 1 is 1.35 bits per heavy atom. The van der Waals surface area contributed by atoms with E-state index in [-0.39, 0.29) is 30.8 Å². The van der Waals surface area contributed by atoms with Crippen molar-refractivity contribution in [2.24, 2.45) is 5.73 Å². The number of carbonyl (C=O) groups excluding carboxylic acids is 2. The van der Waals surface area contributed by atoms with Gasteiger partial charge in [0.2, 0.25) is 0 Å². The third-order valence-electron chi connectivity index (χ3n) is 6.24. The fourth-order valence-corrected chi connectivity index (χ4v) is 3.82. The molecule has 1 aliphatic rings. The average molecular weight is 527 g/mol. The number of nitrogens with two attached hydrogens (primary N) is 1. The summed E-state index contributed by atoms with van der Waals surface area (Å²) in [6, 6.07) is 1.27. The molecule has 0 fully saturated rings. The molecule has 3 N–H and O–H groups in total. The lowest BCUT2D eigenvalue weighted by Gasteiger charge is -2.27. The number of fused-ring (bicyclic) bond motifs is 1. The van der Waals surface area contributed by atoms with Gasteiger partial charge in [-0.2, -0.15) is 8.78 Å². The Morgan fingerprint density at radius 2 is 2.03 bits per heavy atom. The van der Waals surface area contributed by atoms with Gasteiger partial charge in [-0.1, -0.05) is 6.92 Å². The van der Waals surface area contributed by atoms with E-state index >= 15 is 0 Å². The number of aromatic nitrogens is 1. The van der Waals surface area contributed by atoms with Gasteiger partial charge in [0, 0.05) is 55.2 Å². The number of ketones is 1. The molecular weight excluding hydrogens is 492 g/mol. The topological polar surface area (TPSA) is 97.6 Å². The molecule has 1 aromatic rings. The van der Waals surface area contributed by atoms with Gasteiger partial charge in [-0.25, -0.2) is 8.78 Å². The number of nitrogens with one attached hydrogen (secondary N) is 1. The summed E-state index contributed by atoms with van der Waals surface area (Å²) in [6.45, 7) is 5.73. The van der Waals surface area contributed by atoms with Gasteiger partial charge in [-0.15, -0.1) is 0 Å². The van der Waals surface area contributed by atoms with Crippen LogP contribution in [0.4, 0.5) is 17.6 Å². The second kappa shape index (κ2) is 12.8. The number of hydrogen-bond donors (Lipinski definition) is 2. The van der Waals surface area contributed by atoms with Crippen molar-refractivity contribution >= 4 is 17.8 Å². The molecule has 11 heteroatoms. The number of Topliss-reactive ketones (excluding diaryl/α,β-unsaturated/α-hetero) is 1. The van der Waals surface area contributed by atoms with Gasteiger partial charge in [-0.05, 0) is 50.1 Å². The number of allylic oxidation sites excluding steroid dienone is 3. The molecule has 1 unspecified atom stereocenters. The minimum Gasteiger partial charge on any atom is -0.402 e. The zero-order valence-corrected chi connectivity index (χ0v) is 21.7. The summed E-state index contributed by atoms with van der Waals surface area (Å²) in [6.07, 6.45) is 1.64. The zero-order valence-electron chi connectivity index (χ0n) is 21.7. The van der Waals surface area contributed by atoms with Crippen LogP contribution in [-0.2, 0) is 16.1 Å². The minimum atomic E-state index is -4.21. The van der Waals surface area contributed by atoms with Gasteiger partial charge in [0.25, 0.3) is 5.91 Å². The number of rotatable bonds is 13. The third-order valence-corrected chi connectivity index (χ3v) is 6.24. The highest BCUT2D eigenvalue weighted by Gasteiger charge is 2.41. The Hall–Kier alpha value is -3.21. The molecule has 1 aliphatic heterocycles. The van der Waals surface area contributed by atoms with E-state index in [9.17, 15) is 27.2 Å². The second-order valence-corrected chi connectivity index (χ2v) is 8.86. The fourth-order valence-electron chi connectivity index (χ4n) is 3.82. The molecule has 1 atom stereocenters. The fraction of sp³-hybridized carbons (Fsp3) is 0.500. The number of alkyl halides is 4. The molecule has 0 spiro atoms. The first-order valence-corrected chi connectivity index (χ1v) is 11.9. The highest BCUT2D eigenvalue weighted by atomic mass is 19.3. The molecule has 2 heterocycles. The molecule has 1 amide bonds. The van der Waals surface area contributed by atoms with E-state index in [0.29, 0.717) is 46.8 Å². The summed E-state index contributed by atoms with van der Waals surface area (Å²) < 4.78 is 55.1. The number of hydrogen-bond acceptors (Lipinski definition) is 6. The van der Waals surface area contributed by atoms with Crippen molar-refractivity contribution < 1.29 is 31.9 Å². The monoisotopic (exact) mass is 526 g/mol. The van der Waals surface area contributed by atoms with E-state index in [0.717, 1.165) is 5.56 Å². The Balaban J connectivity index is 2.17. The van der Waals surface area contributed by atoms with Gasteiger partial charge >= 0.3 is 12.3 Å². The molecule has 0 saturated heterocycles. The first kappa shape index (κ1) is 30.0. The second-order valence-electron chi connectivity index (χ2n) is 8.86. The summed E-state index contributed by atoms with van der Waals surface area (Å²) in [5, 5.41) is 3.07. The number of halogens is 4. The van der Waals surface area contributed by atoms with Crippen LogP contribution in [0.25, 0.3) is 6.08 Å². The highest BCUT2D eigenvalue weighted by Crippen LogP contribution is 2.29. The maximum absolute atomic E-state index is 13.2. The van der Waals surface area contributed by atoms with Gasteiger partial charge in [0.15, 0.2) is 5.78 Å². The van der Waals surface area contributed by atoms with Gasteiger partial charge in [-0.3, -0.25) is 14.6 Å². The number of amides is 1. The Kier molecular flexibility index (Phi) is 10.4. The smallest absolute Gasteiger partial charge is 0.330 e. The van der Waals surface area contributed by atoms with Gasteiger partial charge in [0.05, 0.1) is 18.3 Å². The first-order chi connectivity index (χ1) is 17.3. The zero-order chi connectivity index (χ0) is 27.9.